The number of carbonyl (C=O) groups excluding carboxylic acids is 1. The van der Waals surface area contributed by atoms with Crippen molar-refractivity contribution in [3.05, 3.63) is 32.6 Å². The van der Waals surface area contributed by atoms with Crippen LogP contribution < -0.4 is 16.6 Å². The Labute approximate surface area is 166 Å². The number of aliphatic hydroxyl groups excluding tert-OH is 2. The standard InChI is InChI=1S/C19H27N3O7/c1-10-9-22(18(29)21-17(10)28)12-6-11(15(26)16(12)27)20-13(23)7-19(8-14(24)25)4-2-3-5-19/h9,11-12,15-16,26-27H,2-8H2,1H3,(H,20,23)(H,24,25)(H,21,28,29)/t11-,12+,15+,16-/m1/s1. The third-order valence-corrected chi connectivity index (χ3v) is 6.23. The molecule has 5 N–H and O–H groups in total. The number of aromatic amines is 1. The quantitative estimate of drug-likeness (QED) is 0.420. The van der Waals surface area contributed by atoms with Crippen LogP contribution >= 0.6 is 0 Å². The maximum Gasteiger partial charge on any atom is 0.328 e. The SMILES string of the molecule is Cc1cn([C@H]2C[C@@H](NC(=O)CC3(CC(=O)O)CCCC3)[C@H](O)[C@@H]2O)c(=O)[nH]c1=O. The summed E-state index contributed by atoms with van der Waals surface area (Å²) in [5.41, 5.74) is -1.51. The van der Waals surface area contributed by atoms with Gasteiger partial charge >= 0.3 is 11.7 Å². The van der Waals surface area contributed by atoms with Crippen LogP contribution in [0.25, 0.3) is 0 Å². The van der Waals surface area contributed by atoms with Crippen molar-refractivity contribution in [2.75, 3.05) is 0 Å². The molecule has 2 aliphatic rings. The molecule has 0 aliphatic heterocycles. The Morgan fingerprint density at radius 3 is 2.48 bits per heavy atom. The second-order valence-electron chi connectivity index (χ2n) is 8.39. The van der Waals surface area contributed by atoms with E-state index >= 15 is 0 Å². The first-order chi connectivity index (χ1) is 13.6. The Hall–Kier alpha value is -2.46. The number of carboxylic acids is 1. The van der Waals surface area contributed by atoms with Gasteiger partial charge in [0.25, 0.3) is 5.56 Å². The van der Waals surface area contributed by atoms with Gasteiger partial charge in [-0.2, -0.15) is 0 Å². The second-order valence-corrected chi connectivity index (χ2v) is 8.39. The molecule has 160 valence electrons. The molecule has 0 bridgehead atoms. The fraction of sp³-hybridized carbons (Fsp3) is 0.684. The van der Waals surface area contributed by atoms with E-state index in [-0.39, 0.29) is 30.7 Å². The van der Waals surface area contributed by atoms with Crippen molar-refractivity contribution in [2.24, 2.45) is 5.41 Å². The molecule has 2 saturated carbocycles. The normalized spacial score (nSPS) is 28.4. The molecule has 0 radical (unpaired) electrons. The first kappa shape index (κ1) is 21.3. The minimum absolute atomic E-state index is 0.0427. The van der Waals surface area contributed by atoms with Gasteiger partial charge in [-0.15, -0.1) is 0 Å². The van der Waals surface area contributed by atoms with Crippen molar-refractivity contribution in [1.82, 2.24) is 14.9 Å². The molecule has 0 saturated heterocycles. The third kappa shape index (κ3) is 4.43. The van der Waals surface area contributed by atoms with Crippen LogP contribution in [0.3, 0.4) is 0 Å². The number of aryl methyl sites for hydroxylation is 1. The molecule has 2 aliphatic carbocycles. The lowest BCUT2D eigenvalue weighted by atomic mass is 9.79. The monoisotopic (exact) mass is 409 g/mol. The highest BCUT2D eigenvalue weighted by Gasteiger charge is 2.45. The van der Waals surface area contributed by atoms with Crippen molar-refractivity contribution >= 4 is 11.9 Å². The molecule has 0 spiro atoms. The van der Waals surface area contributed by atoms with E-state index in [1.54, 1.807) is 0 Å². The maximum atomic E-state index is 12.6. The van der Waals surface area contributed by atoms with Crippen molar-refractivity contribution in [3.8, 4) is 0 Å². The van der Waals surface area contributed by atoms with Crippen molar-refractivity contribution in [3.63, 3.8) is 0 Å². The zero-order chi connectivity index (χ0) is 21.3. The lowest BCUT2D eigenvalue weighted by Gasteiger charge is -2.27. The molecule has 10 nitrogen and oxygen atoms in total. The van der Waals surface area contributed by atoms with Crippen LogP contribution in [0.5, 0.6) is 0 Å². The number of rotatable bonds is 6. The highest BCUT2D eigenvalue weighted by Crippen LogP contribution is 2.44. The topological polar surface area (TPSA) is 162 Å². The molecule has 1 aromatic rings. The number of amides is 1. The number of carbonyl (C=O) groups is 2. The van der Waals surface area contributed by atoms with Crippen LogP contribution in [0.1, 0.15) is 56.6 Å². The minimum Gasteiger partial charge on any atom is -0.481 e. The van der Waals surface area contributed by atoms with Gasteiger partial charge in [0.15, 0.2) is 0 Å². The molecule has 10 heteroatoms. The molecule has 1 heterocycles. The fourth-order valence-corrected chi connectivity index (χ4v) is 4.72. The first-order valence-electron chi connectivity index (χ1n) is 9.81. The molecule has 3 rings (SSSR count). The van der Waals surface area contributed by atoms with Crippen LogP contribution in [0, 0.1) is 12.3 Å². The molecule has 2 fully saturated rings. The number of carboxylic acid groups (broad SMARTS) is 1. The lowest BCUT2D eigenvalue weighted by molar-refractivity contribution is -0.140. The van der Waals surface area contributed by atoms with Crippen molar-refractivity contribution in [1.29, 1.82) is 0 Å². The van der Waals surface area contributed by atoms with E-state index in [1.165, 1.54) is 17.7 Å². The van der Waals surface area contributed by atoms with Crippen LogP contribution in [0.15, 0.2) is 15.8 Å². The van der Waals surface area contributed by atoms with E-state index in [0.717, 1.165) is 12.8 Å². The Bertz CT molecular complexity index is 900. The van der Waals surface area contributed by atoms with Gasteiger partial charge in [0.1, 0.15) is 12.2 Å². The summed E-state index contributed by atoms with van der Waals surface area (Å²) in [5.74, 6) is -1.32. The summed E-state index contributed by atoms with van der Waals surface area (Å²) in [4.78, 5) is 49.6. The Balaban J connectivity index is 1.71. The number of aliphatic hydroxyl groups is 2. The smallest absolute Gasteiger partial charge is 0.328 e. The highest BCUT2D eigenvalue weighted by molar-refractivity contribution is 5.78. The summed E-state index contributed by atoms with van der Waals surface area (Å²) < 4.78 is 1.17. The number of hydrogen-bond acceptors (Lipinski definition) is 6. The molecular formula is C19H27N3O7. The van der Waals surface area contributed by atoms with Gasteiger partial charge < -0.3 is 20.6 Å². The summed E-state index contributed by atoms with van der Waals surface area (Å²) in [5, 5.41) is 32.7. The fourth-order valence-electron chi connectivity index (χ4n) is 4.72. The van der Waals surface area contributed by atoms with E-state index in [2.05, 4.69) is 10.3 Å². The predicted molar refractivity (Wildman–Crippen MR) is 101 cm³/mol. The second kappa shape index (κ2) is 8.11. The Morgan fingerprint density at radius 2 is 1.86 bits per heavy atom. The maximum absolute atomic E-state index is 12.6. The summed E-state index contributed by atoms with van der Waals surface area (Å²) in [6, 6.07) is -1.59. The van der Waals surface area contributed by atoms with Crippen LogP contribution in [0.4, 0.5) is 0 Å². The molecule has 1 amide bonds. The van der Waals surface area contributed by atoms with E-state index in [4.69, 9.17) is 0 Å². The van der Waals surface area contributed by atoms with Gasteiger partial charge in [-0.1, -0.05) is 12.8 Å². The van der Waals surface area contributed by atoms with Crippen LogP contribution in [0.2, 0.25) is 0 Å². The van der Waals surface area contributed by atoms with E-state index in [1.807, 2.05) is 0 Å². The zero-order valence-electron chi connectivity index (χ0n) is 16.3. The Kier molecular flexibility index (Phi) is 5.95. The molecule has 0 aromatic carbocycles. The summed E-state index contributed by atoms with van der Waals surface area (Å²) in [6.07, 6.45) is 1.88. The van der Waals surface area contributed by atoms with Crippen LogP contribution in [-0.2, 0) is 9.59 Å². The molecule has 1 aromatic heterocycles. The van der Waals surface area contributed by atoms with E-state index in [9.17, 15) is 34.5 Å². The van der Waals surface area contributed by atoms with Crippen molar-refractivity contribution in [2.45, 2.75) is 76.2 Å². The highest BCUT2D eigenvalue weighted by atomic mass is 16.4. The molecule has 0 unspecified atom stereocenters. The average Bonchev–Trinajstić information content (AvgIpc) is 3.17. The number of aromatic nitrogens is 2. The van der Waals surface area contributed by atoms with E-state index < -0.39 is 46.9 Å². The summed E-state index contributed by atoms with van der Waals surface area (Å²) >= 11 is 0. The first-order valence-corrected chi connectivity index (χ1v) is 9.81. The third-order valence-electron chi connectivity index (χ3n) is 6.23. The van der Waals surface area contributed by atoms with Gasteiger partial charge in [0.05, 0.1) is 18.5 Å². The van der Waals surface area contributed by atoms with Crippen molar-refractivity contribution < 1.29 is 24.9 Å². The Morgan fingerprint density at radius 1 is 1.21 bits per heavy atom. The number of H-pyrrole nitrogens is 1. The lowest BCUT2D eigenvalue weighted by Crippen LogP contribution is -2.44. The van der Waals surface area contributed by atoms with E-state index in [0.29, 0.717) is 12.8 Å². The summed E-state index contributed by atoms with van der Waals surface area (Å²) in [6.45, 7) is 1.52. The minimum atomic E-state index is -1.30. The number of aliphatic carboxylic acids is 1. The molecule has 4 atom stereocenters. The van der Waals surface area contributed by atoms with Gasteiger partial charge in [0.2, 0.25) is 5.91 Å². The van der Waals surface area contributed by atoms with Crippen LogP contribution in [-0.4, -0.2) is 55.0 Å². The summed E-state index contributed by atoms with van der Waals surface area (Å²) in [7, 11) is 0. The van der Waals surface area contributed by atoms with Gasteiger partial charge in [0, 0.05) is 18.2 Å². The number of hydrogen-bond donors (Lipinski definition) is 5. The van der Waals surface area contributed by atoms with Gasteiger partial charge in [-0.3, -0.25) is 23.9 Å². The predicted octanol–water partition coefficient (Wildman–Crippen LogP) is -0.578. The van der Waals surface area contributed by atoms with Gasteiger partial charge in [-0.05, 0) is 31.6 Å². The largest absolute Gasteiger partial charge is 0.481 e. The molecular weight excluding hydrogens is 382 g/mol. The number of nitrogens with one attached hydrogen (secondary N) is 2. The zero-order valence-corrected chi connectivity index (χ0v) is 16.3. The van der Waals surface area contributed by atoms with Gasteiger partial charge in [-0.25, -0.2) is 4.79 Å². The number of nitrogens with zero attached hydrogens (tertiary/aromatic N) is 1. The average molecular weight is 409 g/mol. The molecule has 29 heavy (non-hydrogen) atoms.